The van der Waals surface area contributed by atoms with Gasteiger partial charge >= 0.3 is 0 Å². The van der Waals surface area contributed by atoms with Crippen LogP contribution >= 0.6 is 11.8 Å². The van der Waals surface area contributed by atoms with Crippen molar-refractivity contribution in [1.29, 1.82) is 0 Å². The minimum absolute atomic E-state index is 0.104. The molecule has 0 radical (unpaired) electrons. The second-order valence-corrected chi connectivity index (χ2v) is 8.88. The van der Waals surface area contributed by atoms with Crippen LogP contribution in [0.5, 0.6) is 11.5 Å². The van der Waals surface area contributed by atoms with Gasteiger partial charge in [-0.3, -0.25) is 9.59 Å². The number of hydrogen-bond donors (Lipinski definition) is 1. The molecule has 0 saturated heterocycles. The highest BCUT2D eigenvalue weighted by Gasteiger charge is 2.31. The first-order valence-electron chi connectivity index (χ1n) is 10.6. The molecular weight excluding hydrogens is 442 g/mol. The third-order valence-corrected chi connectivity index (χ3v) is 6.62. The zero-order valence-electron chi connectivity index (χ0n) is 18.2. The van der Waals surface area contributed by atoms with Crippen LogP contribution in [0.25, 0.3) is 0 Å². The third kappa shape index (κ3) is 4.13. The number of amides is 2. The SMILES string of the molecule is C[C@@H]1CC(=O)Nc2ccccc2N1C(=O)CSc1nnc([C@H]2COc3ccccc3O2)n1C. The number of nitrogens with one attached hydrogen (secondary N) is 1. The van der Waals surface area contributed by atoms with E-state index in [1.165, 1.54) is 11.8 Å². The van der Waals surface area contributed by atoms with Gasteiger partial charge in [-0.1, -0.05) is 36.0 Å². The van der Waals surface area contributed by atoms with Crippen LogP contribution in [0.3, 0.4) is 0 Å². The molecule has 3 aromatic rings. The number of fused-ring (bicyclic) bond motifs is 2. The highest BCUT2D eigenvalue weighted by Crippen LogP contribution is 2.36. The van der Waals surface area contributed by atoms with Gasteiger partial charge in [-0.2, -0.15) is 0 Å². The lowest BCUT2D eigenvalue weighted by Gasteiger charge is -2.27. The number of carbonyl (C=O) groups excluding carboxylic acids is 2. The Labute approximate surface area is 195 Å². The molecule has 9 nitrogen and oxygen atoms in total. The zero-order valence-corrected chi connectivity index (χ0v) is 19.0. The lowest BCUT2D eigenvalue weighted by atomic mass is 10.2. The molecule has 3 heterocycles. The van der Waals surface area contributed by atoms with Crippen LogP contribution in [0.15, 0.2) is 53.7 Å². The van der Waals surface area contributed by atoms with E-state index in [0.717, 1.165) is 0 Å². The summed E-state index contributed by atoms with van der Waals surface area (Å²) >= 11 is 1.30. The molecule has 33 heavy (non-hydrogen) atoms. The van der Waals surface area contributed by atoms with Gasteiger partial charge in [0.2, 0.25) is 11.8 Å². The maximum atomic E-state index is 13.2. The quantitative estimate of drug-likeness (QED) is 0.591. The Morgan fingerprint density at radius 3 is 2.76 bits per heavy atom. The van der Waals surface area contributed by atoms with Gasteiger partial charge in [0.15, 0.2) is 28.6 Å². The predicted molar refractivity (Wildman–Crippen MR) is 124 cm³/mol. The van der Waals surface area contributed by atoms with Crippen LogP contribution in [0, 0.1) is 0 Å². The minimum Gasteiger partial charge on any atom is -0.485 e. The minimum atomic E-state index is -0.392. The summed E-state index contributed by atoms with van der Waals surface area (Å²) in [5.74, 6) is 1.94. The first-order valence-corrected chi connectivity index (χ1v) is 11.6. The van der Waals surface area contributed by atoms with Gasteiger partial charge in [-0.25, -0.2) is 0 Å². The molecule has 2 aliphatic heterocycles. The fourth-order valence-corrected chi connectivity index (χ4v) is 4.82. The van der Waals surface area contributed by atoms with E-state index >= 15 is 0 Å². The number of rotatable bonds is 4. The van der Waals surface area contributed by atoms with Crippen LogP contribution in [0.4, 0.5) is 11.4 Å². The van der Waals surface area contributed by atoms with Gasteiger partial charge in [0.1, 0.15) is 6.61 Å². The van der Waals surface area contributed by atoms with E-state index in [2.05, 4.69) is 15.5 Å². The van der Waals surface area contributed by atoms with Crippen LogP contribution < -0.4 is 19.7 Å². The van der Waals surface area contributed by atoms with Gasteiger partial charge in [0.25, 0.3) is 0 Å². The number of para-hydroxylation sites is 4. The van der Waals surface area contributed by atoms with Crippen molar-refractivity contribution in [2.75, 3.05) is 22.6 Å². The van der Waals surface area contributed by atoms with Crippen molar-refractivity contribution in [3.8, 4) is 11.5 Å². The van der Waals surface area contributed by atoms with Crippen molar-refractivity contribution >= 4 is 35.0 Å². The van der Waals surface area contributed by atoms with Crippen molar-refractivity contribution in [3.05, 3.63) is 54.4 Å². The Morgan fingerprint density at radius 1 is 1.15 bits per heavy atom. The number of nitrogens with zero attached hydrogens (tertiary/aromatic N) is 4. The van der Waals surface area contributed by atoms with Crippen molar-refractivity contribution in [2.24, 2.45) is 7.05 Å². The lowest BCUT2D eigenvalue weighted by Crippen LogP contribution is -2.40. The van der Waals surface area contributed by atoms with E-state index in [1.807, 2.05) is 61.0 Å². The maximum Gasteiger partial charge on any atom is 0.237 e. The summed E-state index contributed by atoms with van der Waals surface area (Å²) in [4.78, 5) is 27.1. The first kappa shape index (κ1) is 21.3. The second kappa shape index (κ2) is 8.78. The number of hydrogen-bond acceptors (Lipinski definition) is 7. The molecule has 2 atom stereocenters. The fraction of sp³-hybridized carbons (Fsp3) is 0.304. The summed E-state index contributed by atoms with van der Waals surface area (Å²) in [6.45, 7) is 2.21. The average Bonchev–Trinajstić information content (AvgIpc) is 3.12. The summed E-state index contributed by atoms with van der Waals surface area (Å²) in [5, 5.41) is 12.0. The Morgan fingerprint density at radius 2 is 1.91 bits per heavy atom. The van der Waals surface area contributed by atoms with E-state index in [0.29, 0.717) is 40.5 Å². The second-order valence-electron chi connectivity index (χ2n) is 7.93. The van der Waals surface area contributed by atoms with E-state index in [4.69, 9.17) is 9.47 Å². The zero-order chi connectivity index (χ0) is 22.9. The molecule has 0 saturated carbocycles. The molecular formula is C23H23N5O4S. The summed E-state index contributed by atoms with van der Waals surface area (Å²) in [6, 6.07) is 14.6. The third-order valence-electron chi connectivity index (χ3n) is 5.62. The van der Waals surface area contributed by atoms with Gasteiger partial charge in [0, 0.05) is 19.5 Å². The number of thioether (sulfide) groups is 1. The summed E-state index contributed by atoms with van der Waals surface area (Å²) in [7, 11) is 1.85. The van der Waals surface area contributed by atoms with Crippen LogP contribution in [0.1, 0.15) is 25.3 Å². The lowest BCUT2D eigenvalue weighted by molar-refractivity contribution is -0.117. The summed E-state index contributed by atoms with van der Waals surface area (Å²) in [5.41, 5.74) is 1.34. The van der Waals surface area contributed by atoms with Gasteiger partial charge in [-0.15, -0.1) is 10.2 Å². The molecule has 1 N–H and O–H groups in total. The number of benzene rings is 2. The Balaban J connectivity index is 1.30. The van der Waals surface area contributed by atoms with Crippen molar-refractivity contribution in [3.63, 3.8) is 0 Å². The largest absolute Gasteiger partial charge is 0.485 e. The molecule has 0 fully saturated rings. The molecule has 0 unspecified atom stereocenters. The molecule has 0 bridgehead atoms. The van der Waals surface area contributed by atoms with Crippen molar-refractivity contribution in [2.45, 2.75) is 30.6 Å². The number of aromatic nitrogens is 3. The number of anilines is 2. The summed E-state index contributed by atoms with van der Waals surface area (Å²) in [6.07, 6.45) is -0.156. The van der Waals surface area contributed by atoms with Gasteiger partial charge < -0.3 is 24.3 Å². The van der Waals surface area contributed by atoms with E-state index in [9.17, 15) is 9.59 Å². The van der Waals surface area contributed by atoms with E-state index in [-0.39, 0.29) is 30.0 Å². The van der Waals surface area contributed by atoms with Crippen LogP contribution in [-0.4, -0.2) is 45.0 Å². The predicted octanol–water partition coefficient (Wildman–Crippen LogP) is 3.18. The number of carbonyl (C=O) groups is 2. The molecule has 0 aliphatic carbocycles. The van der Waals surface area contributed by atoms with Gasteiger partial charge in [-0.05, 0) is 31.2 Å². The Bertz CT molecular complexity index is 1210. The average molecular weight is 466 g/mol. The smallest absolute Gasteiger partial charge is 0.237 e. The topological polar surface area (TPSA) is 98.6 Å². The maximum absolute atomic E-state index is 13.2. The van der Waals surface area contributed by atoms with E-state index in [1.54, 1.807) is 11.0 Å². The number of ether oxygens (including phenoxy) is 2. The van der Waals surface area contributed by atoms with Crippen LogP contribution in [0.2, 0.25) is 0 Å². The Hall–Kier alpha value is -3.53. The first-order chi connectivity index (χ1) is 16.0. The molecule has 2 aromatic carbocycles. The highest BCUT2D eigenvalue weighted by atomic mass is 32.2. The molecule has 1 aromatic heterocycles. The van der Waals surface area contributed by atoms with Crippen molar-refractivity contribution in [1.82, 2.24) is 14.8 Å². The monoisotopic (exact) mass is 465 g/mol. The van der Waals surface area contributed by atoms with Gasteiger partial charge in [0.05, 0.1) is 17.1 Å². The summed E-state index contributed by atoms with van der Waals surface area (Å²) < 4.78 is 13.7. The fourth-order valence-electron chi connectivity index (χ4n) is 4.04. The van der Waals surface area contributed by atoms with Crippen molar-refractivity contribution < 1.29 is 19.1 Å². The standard InChI is InChI=1S/C23H23N5O4S/c1-14-11-20(29)24-15-7-3-4-8-16(15)28(14)21(30)13-33-23-26-25-22(27(23)2)19-12-31-17-9-5-6-10-18(17)32-19/h3-10,14,19H,11-13H2,1-2H3,(H,24,29)/t14-,19-/m1/s1. The molecule has 2 aliphatic rings. The normalized spacial score (nSPS) is 19.5. The highest BCUT2D eigenvalue weighted by molar-refractivity contribution is 7.99. The molecule has 0 spiro atoms. The Kier molecular flexibility index (Phi) is 5.67. The van der Waals surface area contributed by atoms with E-state index < -0.39 is 6.10 Å². The molecule has 170 valence electrons. The molecule has 10 heteroatoms. The molecule has 2 amide bonds. The van der Waals surface area contributed by atoms with Crippen LogP contribution in [-0.2, 0) is 16.6 Å². The molecule has 5 rings (SSSR count).